The fraction of sp³-hybridized carbons (Fsp3) is 0.529. The Morgan fingerprint density at radius 3 is 2.23 bits per heavy atom. The molecule has 5 nitrogen and oxygen atoms in total. The molecule has 0 aliphatic heterocycles. The summed E-state index contributed by atoms with van der Waals surface area (Å²) in [5, 5.41) is 0. The number of carbonyl (C=O) groups excluding carboxylic acids is 2. The van der Waals surface area contributed by atoms with Crippen LogP contribution in [0.25, 0.3) is 0 Å². The summed E-state index contributed by atoms with van der Waals surface area (Å²) in [6.45, 7) is 5.58. The molecular weight excluding hydrogens is 282 g/mol. The second-order valence-electron chi connectivity index (χ2n) is 6.36. The third-order valence-corrected chi connectivity index (χ3v) is 2.90. The van der Waals surface area contributed by atoms with E-state index in [0.717, 1.165) is 5.56 Å². The molecule has 1 atom stereocenters. The van der Waals surface area contributed by atoms with Crippen LogP contribution < -0.4 is 0 Å². The van der Waals surface area contributed by atoms with Gasteiger partial charge in [0.2, 0.25) is 0 Å². The molecule has 0 fully saturated rings. The van der Waals surface area contributed by atoms with Crippen molar-refractivity contribution in [3.8, 4) is 0 Å². The first kappa shape index (κ1) is 18.2. The van der Waals surface area contributed by atoms with Gasteiger partial charge in [-0.2, -0.15) is 0 Å². The van der Waals surface area contributed by atoms with Gasteiger partial charge in [-0.1, -0.05) is 30.3 Å². The number of likely N-dealkylation sites (N-methyl/N-ethyl adjacent to an activating group) is 1. The smallest absolute Gasteiger partial charge is 0.324 e. The third kappa shape index (κ3) is 6.72. The van der Waals surface area contributed by atoms with Gasteiger partial charge in [0.15, 0.2) is 0 Å². The SMILES string of the molecule is CN(C)[C@@H](CC(=O)OC(C)(C)C)C(=O)OCc1ccccc1. The van der Waals surface area contributed by atoms with Gasteiger partial charge in [-0.05, 0) is 40.4 Å². The molecule has 22 heavy (non-hydrogen) atoms. The maximum atomic E-state index is 12.2. The monoisotopic (exact) mass is 307 g/mol. The van der Waals surface area contributed by atoms with Gasteiger partial charge in [-0.25, -0.2) is 0 Å². The Bertz CT molecular complexity index is 491. The molecule has 1 aromatic rings. The number of hydrogen-bond donors (Lipinski definition) is 0. The molecule has 0 saturated carbocycles. The fourth-order valence-electron chi connectivity index (χ4n) is 1.84. The highest BCUT2D eigenvalue weighted by atomic mass is 16.6. The van der Waals surface area contributed by atoms with Crippen LogP contribution in [0, 0.1) is 0 Å². The van der Waals surface area contributed by atoms with Gasteiger partial charge >= 0.3 is 11.9 Å². The molecule has 122 valence electrons. The lowest BCUT2D eigenvalue weighted by Crippen LogP contribution is -2.40. The zero-order valence-electron chi connectivity index (χ0n) is 14.0. The number of nitrogens with zero attached hydrogens (tertiary/aromatic N) is 1. The molecular formula is C17H25NO4. The summed E-state index contributed by atoms with van der Waals surface area (Å²) in [7, 11) is 3.47. The second kappa shape index (κ2) is 7.94. The van der Waals surface area contributed by atoms with Crippen LogP contribution in [0.15, 0.2) is 30.3 Å². The molecule has 1 aromatic carbocycles. The van der Waals surface area contributed by atoms with E-state index in [1.165, 1.54) is 0 Å². The average Bonchev–Trinajstić information content (AvgIpc) is 2.41. The summed E-state index contributed by atoms with van der Waals surface area (Å²) in [6.07, 6.45) is -0.0299. The lowest BCUT2D eigenvalue weighted by Gasteiger charge is -2.24. The minimum atomic E-state index is -0.654. The van der Waals surface area contributed by atoms with Crippen molar-refractivity contribution in [2.45, 2.75) is 45.4 Å². The number of rotatable bonds is 6. The Balaban J connectivity index is 2.58. The molecule has 0 amide bonds. The summed E-state index contributed by atoms with van der Waals surface area (Å²) >= 11 is 0. The Kier molecular flexibility index (Phi) is 6.56. The van der Waals surface area contributed by atoms with Gasteiger partial charge in [-0.15, -0.1) is 0 Å². The van der Waals surface area contributed by atoms with E-state index in [4.69, 9.17) is 9.47 Å². The van der Waals surface area contributed by atoms with Gasteiger partial charge in [0.05, 0.1) is 6.42 Å². The maximum absolute atomic E-state index is 12.2. The van der Waals surface area contributed by atoms with Crippen molar-refractivity contribution in [2.24, 2.45) is 0 Å². The van der Waals surface area contributed by atoms with Gasteiger partial charge < -0.3 is 9.47 Å². The Morgan fingerprint density at radius 2 is 1.73 bits per heavy atom. The quantitative estimate of drug-likeness (QED) is 0.755. The average molecular weight is 307 g/mol. The molecule has 5 heteroatoms. The van der Waals surface area contributed by atoms with Crippen molar-refractivity contribution in [1.82, 2.24) is 4.90 Å². The number of hydrogen-bond acceptors (Lipinski definition) is 5. The first-order valence-corrected chi connectivity index (χ1v) is 7.28. The van der Waals surface area contributed by atoms with Crippen LogP contribution in [0.4, 0.5) is 0 Å². The molecule has 0 bridgehead atoms. The van der Waals surface area contributed by atoms with Crippen molar-refractivity contribution >= 4 is 11.9 Å². The van der Waals surface area contributed by atoms with Crippen LogP contribution in [0.2, 0.25) is 0 Å². The number of esters is 2. The minimum Gasteiger partial charge on any atom is -0.460 e. The molecule has 0 saturated heterocycles. The van der Waals surface area contributed by atoms with E-state index in [0.29, 0.717) is 0 Å². The van der Waals surface area contributed by atoms with Gasteiger partial charge in [-0.3, -0.25) is 14.5 Å². The van der Waals surface area contributed by atoms with Gasteiger partial charge in [0, 0.05) is 0 Å². The minimum absolute atomic E-state index is 0.0299. The van der Waals surface area contributed by atoms with E-state index in [-0.39, 0.29) is 13.0 Å². The van der Waals surface area contributed by atoms with E-state index in [2.05, 4.69) is 0 Å². The summed E-state index contributed by atoms with van der Waals surface area (Å²) in [5.74, 6) is -0.845. The molecule has 0 radical (unpaired) electrons. The van der Waals surface area contributed by atoms with Crippen molar-refractivity contribution < 1.29 is 19.1 Å². The van der Waals surface area contributed by atoms with Crippen LogP contribution in [-0.2, 0) is 25.7 Å². The zero-order chi connectivity index (χ0) is 16.8. The number of benzene rings is 1. The van der Waals surface area contributed by atoms with E-state index < -0.39 is 23.6 Å². The zero-order valence-corrected chi connectivity index (χ0v) is 14.0. The normalized spacial score (nSPS) is 12.8. The first-order valence-electron chi connectivity index (χ1n) is 7.28. The standard InChI is InChI=1S/C17H25NO4/c1-17(2,3)22-15(19)11-14(18(4)5)16(20)21-12-13-9-7-6-8-10-13/h6-10,14H,11-12H2,1-5H3/t14-/m0/s1. The van der Waals surface area contributed by atoms with E-state index in [9.17, 15) is 9.59 Å². The highest BCUT2D eigenvalue weighted by Gasteiger charge is 2.28. The van der Waals surface area contributed by atoms with Crippen LogP contribution in [0.3, 0.4) is 0 Å². The summed E-state index contributed by atoms with van der Waals surface area (Å²) < 4.78 is 10.6. The Morgan fingerprint density at radius 1 is 1.14 bits per heavy atom. The molecule has 0 N–H and O–H groups in total. The first-order chi connectivity index (χ1) is 10.2. The highest BCUT2D eigenvalue weighted by Crippen LogP contribution is 2.12. The maximum Gasteiger partial charge on any atom is 0.324 e. The fourth-order valence-corrected chi connectivity index (χ4v) is 1.84. The summed E-state index contributed by atoms with van der Waals surface area (Å²) in [4.78, 5) is 25.7. The second-order valence-corrected chi connectivity index (χ2v) is 6.36. The summed E-state index contributed by atoms with van der Waals surface area (Å²) in [5.41, 5.74) is 0.340. The topological polar surface area (TPSA) is 55.8 Å². The molecule has 0 aliphatic rings. The van der Waals surface area contributed by atoms with E-state index in [1.54, 1.807) is 39.8 Å². The van der Waals surface area contributed by atoms with Crippen molar-refractivity contribution in [1.29, 1.82) is 0 Å². The number of ether oxygens (including phenoxy) is 2. The van der Waals surface area contributed by atoms with E-state index in [1.807, 2.05) is 30.3 Å². The van der Waals surface area contributed by atoms with Crippen molar-refractivity contribution in [2.75, 3.05) is 14.1 Å². The Hall–Kier alpha value is -1.88. The molecule has 0 heterocycles. The van der Waals surface area contributed by atoms with Crippen molar-refractivity contribution in [3.05, 3.63) is 35.9 Å². The van der Waals surface area contributed by atoms with Crippen LogP contribution >= 0.6 is 0 Å². The molecule has 0 unspecified atom stereocenters. The highest BCUT2D eigenvalue weighted by molar-refractivity contribution is 5.82. The van der Waals surface area contributed by atoms with Crippen LogP contribution in [-0.4, -0.2) is 42.6 Å². The van der Waals surface area contributed by atoms with E-state index >= 15 is 0 Å². The molecule has 0 aromatic heterocycles. The Labute approximate surface area is 132 Å². The number of carbonyl (C=O) groups is 2. The predicted molar refractivity (Wildman–Crippen MR) is 84.2 cm³/mol. The predicted octanol–water partition coefficient (Wildman–Crippen LogP) is 2.39. The van der Waals surface area contributed by atoms with Crippen molar-refractivity contribution in [3.63, 3.8) is 0 Å². The molecule has 0 aliphatic carbocycles. The van der Waals surface area contributed by atoms with Crippen LogP contribution in [0.5, 0.6) is 0 Å². The third-order valence-electron chi connectivity index (χ3n) is 2.90. The lowest BCUT2D eigenvalue weighted by molar-refractivity contribution is -0.162. The summed E-state index contributed by atoms with van der Waals surface area (Å²) in [6, 6.07) is 8.77. The van der Waals surface area contributed by atoms with Crippen LogP contribution in [0.1, 0.15) is 32.8 Å². The molecule has 1 rings (SSSR count). The molecule has 0 spiro atoms. The largest absolute Gasteiger partial charge is 0.460 e. The van der Waals surface area contributed by atoms with Gasteiger partial charge in [0.25, 0.3) is 0 Å². The lowest BCUT2D eigenvalue weighted by atomic mass is 10.1. The van der Waals surface area contributed by atoms with Gasteiger partial charge in [0.1, 0.15) is 18.2 Å².